The summed E-state index contributed by atoms with van der Waals surface area (Å²) in [5, 5.41) is 21.1. The third kappa shape index (κ3) is 13.9. The number of anilines is 1. The van der Waals surface area contributed by atoms with Crippen LogP contribution in [0.3, 0.4) is 0 Å². The highest BCUT2D eigenvalue weighted by atomic mass is 35.5. The Morgan fingerprint density at radius 3 is 2.30 bits per heavy atom. The van der Waals surface area contributed by atoms with Crippen molar-refractivity contribution in [2.75, 3.05) is 52.6 Å². The Morgan fingerprint density at radius 2 is 1.62 bits per heavy atom. The van der Waals surface area contributed by atoms with Crippen LogP contribution in [-0.2, 0) is 72.5 Å². The number of carbonyl (C=O) groups is 6. The minimum Gasteiger partial charge on any atom is -0.457 e. The van der Waals surface area contributed by atoms with E-state index < -0.39 is 112 Å². The summed E-state index contributed by atoms with van der Waals surface area (Å²) in [5.41, 5.74) is 5.22. The van der Waals surface area contributed by atoms with Crippen molar-refractivity contribution < 1.29 is 70.5 Å². The van der Waals surface area contributed by atoms with Gasteiger partial charge in [0.25, 0.3) is 10.1 Å². The van der Waals surface area contributed by atoms with E-state index in [1.807, 2.05) is 97.3 Å². The van der Waals surface area contributed by atoms with Crippen LogP contribution in [0.25, 0.3) is 22.0 Å². The molecule has 1 aromatic heterocycles. The van der Waals surface area contributed by atoms with Gasteiger partial charge in [-0.25, -0.2) is 24.4 Å². The standard InChI is InChI=1S/C64H76ClN7O15S/c1-37-18-17-25-53(83-10)64(79)33-52(85-61(77)67-64)39(3)58-63(5,87-58)54(32-56(74)70(8)51-30-41(28-37)29-38(2)57(51)65)86-60(76)40(4)69(7)59(75)49(36-88(80,81)82)66-55(73)26-27-72-43(31-42-19-11-16-24-50(42)72)34-68(6)71(9)62(78)84-35-48-46-22-14-12-20-44(46)45-21-13-15-23-47(45)48/h11-25,29-31,39-40,48-49,52-54,58,79H,26-28,32-36H2,1-10H3,(H,66,73)(H,67,77)(H,80,81,82)/b25-17+,37-18+/t39-,40+,49?,52+,53-,54+,58?,63+,64-/m1/s1. The van der Waals surface area contributed by atoms with Crippen molar-refractivity contribution in [2.45, 2.75) is 127 Å². The van der Waals surface area contributed by atoms with Gasteiger partial charge in [0.1, 0.15) is 48.4 Å². The molecule has 9 rings (SSSR count). The number of hydrogen-bond donors (Lipinski definition) is 4. The molecular weight excluding hydrogens is 1170 g/mol. The number of alkyl carbamates (subject to hydrolysis) is 1. The molecule has 4 aromatic carbocycles. The molecule has 470 valence electrons. The number of fused-ring (bicyclic) bond motifs is 9. The summed E-state index contributed by atoms with van der Waals surface area (Å²) >= 11 is 6.86. The molecule has 1 aliphatic carbocycles. The third-order valence-electron chi connectivity index (χ3n) is 17.4. The van der Waals surface area contributed by atoms with Crippen molar-refractivity contribution in [3.63, 3.8) is 0 Å². The van der Waals surface area contributed by atoms with Crippen molar-refractivity contribution in [2.24, 2.45) is 5.92 Å². The van der Waals surface area contributed by atoms with Gasteiger partial charge in [0.05, 0.1) is 29.8 Å². The lowest BCUT2D eigenvalue weighted by molar-refractivity contribution is -0.162. The maximum absolute atomic E-state index is 14.5. The molecule has 88 heavy (non-hydrogen) atoms. The van der Waals surface area contributed by atoms with E-state index >= 15 is 0 Å². The second-order valence-electron chi connectivity index (χ2n) is 23.6. The molecule has 5 amide bonds. The number of carbonyl (C=O) groups excluding carboxylic acids is 6. The zero-order valence-electron chi connectivity index (χ0n) is 50.9. The molecular formula is C64H76ClN7O15S. The number of ether oxygens (including phenoxy) is 5. The Morgan fingerprint density at radius 1 is 0.966 bits per heavy atom. The van der Waals surface area contributed by atoms with E-state index in [9.17, 15) is 46.8 Å². The molecule has 0 saturated carbocycles. The van der Waals surface area contributed by atoms with Crippen molar-refractivity contribution >= 4 is 74.2 Å². The predicted molar refractivity (Wildman–Crippen MR) is 328 cm³/mol. The average Bonchev–Trinajstić information content (AvgIpc) is 1.59. The number of methoxy groups -OCH3 is 1. The highest BCUT2D eigenvalue weighted by Gasteiger charge is 2.64. The van der Waals surface area contributed by atoms with Crippen LogP contribution in [0.2, 0.25) is 5.02 Å². The van der Waals surface area contributed by atoms with Gasteiger partial charge in [0, 0.05) is 77.7 Å². The zero-order valence-corrected chi connectivity index (χ0v) is 52.5. The molecule has 3 aliphatic heterocycles. The number of nitrogens with one attached hydrogen (secondary N) is 2. The number of aliphatic hydroxyl groups is 1. The Labute approximate surface area is 517 Å². The molecule has 4 bridgehead atoms. The van der Waals surface area contributed by atoms with Gasteiger partial charge in [-0.3, -0.25) is 24.3 Å². The van der Waals surface area contributed by atoms with Crippen LogP contribution in [0.15, 0.2) is 115 Å². The summed E-state index contributed by atoms with van der Waals surface area (Å²) in [6.45, 7) is 8.68. The van der Waals surface area contributed by atoms with Crippen LogP contribution in [0.1, 0.15) is 80.8 Å². The maximum atomic E-state index is 14.5. The van der Waals surface area contributed by atoms with Gasteiger partial charge in [-0.15, -0.1) is 0 Å². The molecule has 4 aliphatic rings. The minimum absolute atomic E-state index is 0.0263. The van der Waals surface area contributed by atoms with Crippen LogP contribution in [0.5, 0.6) is 0 Å². The van der Waals surface area contributed by atoms with Crippen LogP contribution in [-0.4, -0.2) is 169 Å². The summed E-state index contributed by atoms with van der Waals surface area (Å²) in [5.74, 6) is -5.52. The molecule has 5 aromatic rings. The Balaban J connectivity index is 0.891. The van der Waals surface area contributed by atoms with Gasteiger partial charge in [-0.2, -0.15) is 8.42 Å². The monoisotopic (exact) mass is 1250 g/mol. The maximum Gasteiger partial charge on any atom is 0.424 e. The zero-order chi connectivity index (χ0) is 63.7. The first-order valence-corrected chi connectivity index (χ1v) is 31.0. The van der Waals surface area contributed by atoms with Crippen LogP contribution in [0, 0.1) is 12.8 Å². The number of likely N-dealkylation sites (N-methyl/N-ethyl adjacent to an activating group) is 1. The summed E-state index contributed by atoms with van der Waals surface area (Å²) in [6, 6.07) is 25.7. The predicted octanol–water partition coefficient (Wildman–Crippen LogP) is 7.46. The number of aromatic nitrogens is 1. The Kier molecular flexibility index (Phi) is 19.3. The molecule has 2 unspecified atom stereocenters. The van der Waals surface area contributed by atoms with E-state index in [1.165, 1.54) is 38.0 Å². The molecule has 9 atom stereocenters. The molecule has 4 N–H and O–H groups in total. The van der Waals surface area contributed by atoms with E-state index in [-0.39, 0.29) is 38.5 Å². The number of allylic oxidation sites excluding steroid dienone is 3. The Bertz CT molecular complexity index is 3660. The largest absolute Gasteiger partial charge is 0.457 e. The molecule has 24 heteroatoms. The lowest BCUT2D eigenvalue weighted by Gasteiger charge is -2.42. The van der Waals surface area contributed by atoms with Gasteiger partial charge in [-0.05, 0) is 91.1 Å². The normalized spacial score (nSPS) is 24.5. The first-order valence-electron chi connectivity index (χ1n) is 29.0. The number of benzene rings is 4. The molecule has 4 heterocycles. The molecule has 0 spiro atoms. The van der Waals surface area contributed by atoms with E-state index in [0.29, 0.717) is 28.4 Å². The lowest BCUT2D eigenvalue weighted by atomic mass is 9.83. The van der Waals surface area contributed by atoms with Crippen molar-refractivity contribution in [1.82, 2.24) is 30.1 Å². The topological polar surface area (TPSA) is 268 Å². The fourth-order valence-electron chi connectivity index (χ4n) is 12.2. The second-order valence-corrected chi connectivity index (χ2v) is 25.4. The number of esters is 1. The molecule has 2 fully saturated rings. The number of epoxide rings is 1. The number of aryl methyl sites for hydroxylation is 2. The van der Waals surface area contributed by atoms with Crippen LogP contribution in [0.4, 0.5) is 15.3 Å². The van der Waals surface area contributed by atoms with E-state index in [4.69, 9.17) is 35.3 Å². The minimum atomic E-state index is -4.94. The number of para-hydroxylation sites is 1. The van der Waals surface area contributed by atoms with E-state index in [2.05, 4.69) is 22.8 Å². The fourth-order valence-corrected chi connectivity index (χ4v) is 13.1. The number of amides is 5. The number of nitrogens with zero attached hydrogens (tertiary/aromatic N) is 5. The molecule has 22 nitrogen and oxygen atoms in total. The van der Waals surface area contributed by atoms with Gasteiger partial charge < -0.3 is 48.5 Å². The Hall–Kier alpha value is -7.64. The van der Waals surface area contributed by atoms with E-state index in [0.717, 1.165) is 49.2 Å². The fraction of sp³-hybridized carbons (Fsp3) is 0.438. The van der Waals surface area contributed by atoms with Crippen molar-refractivity contribution in [3.8, 4) is 11.1 Å². The smallest absolute Gasteiger partial charge is 0.424 e. The molecule has 0 radical (unpaired) electrons. The third-order valence-corrected chi connectivity index (χ3v) is 18.7. The van der Waals surface area contributed by atoms with Crippen LogP contribution < -0.4 is 15.5 Å². The SMILES string of the molecule is CO[C@@H]1/C=C/C=C(\C)Cc2cc(C)c(Cl)c(c2)N(C)C(=O)C[C@H](OC(=O)[C@H](C)N(C)C(=O)C(CS(=O)(=O)O)NC(=O)CCn2c(CN(C)N(C)C(=O)OCC3c4ccccc4-c4ccccc43)cc3ccccc32)[C@]2(C)OC2[C@H](C)[C@@H]2C[C@]1(O)NC(=O)O2. The first kappa shape index (κ1) is 64.8. The summed E-state index contributed by atoms with van der Waals surface area (Å²) in [6.07, 6.45) is -1.05. The highest BCUT2D eigenvalue weighted by Crippen LogP contribution is 2.50. The summed E-state index contributed by atoms with van der Waals surface area (Å²) in [7, 11) is 2.49. The number of hydrazine groups is 1. The van der Waals surface area contributed by atoms with Gasteiger partial charge in [0.15, 0.2) is 5.72 Å². The van der Waals surface area contributed by atoms with Gasteiger partial charge in [-0.1, -0.05) is 115 Å². The lowest BCUT2D eigenvalue weighted by Crippen LogP contribution is -2.63. The average molecular weight is 1250 g/mol. The quantitative estimate of drug-likeness (QED) is 0.0245. The number of rotatable bonds is 16. The van der Waals surface area contributed by atoms with Crippen molar-refractivity contribution in [3.05, 3.63) is 148 Å². The van der Waals surface area contributed by atoms with Crippen molar-refractivity contribution in [1.29, 1.82) is 0 Å². The number of halogens is 1. The van der Waals surface area contributed by atoms with Gasteiger partial charge >= 0.3 is 18.2 Å². The highest BCUT2D eigenvalue weighted by molar-refractivity contribution is 7.85. The van der Waals surface area contributed by atoms with E-state index in [1.54, 1.807) is 51.2 Å². The first-order chi connectivity index (χ1) is 41.6. The second kappa shape index (κ2) is 26.2. The summed E-state index contributed by atoms with van der Waals surface area (Å²) < 4.78 is 66.9. The summed E-state index contributed by atoms with van der Waals surface area (Å²) in [4.78, 5) is 86.3. The van der Waals surface area contributed by atoms with Gasteiger partial charge in [0.2, 0.25) is 17.7 Å². The van der Waals surface area contributed by atoms with Crippen LogP contribution >= 0.6 is 11.6 Å². The number of hydrogen-bond acceptors (Lipinski definition) is 15. The molecule has 2 saturated heterocycles.